The molecule has 0 bridgehead atoms. The van der Waals surface area contributed by atoms with Crippen molar-refractivity contribution in [2.75, 3.05) is 7.11 Å². The molecule has 2 aromatic carbocycles. The number of benzene rings is 2. The van der Waals surface area contributed by atoms with Crippen LogP contribution in [0.4, 0.5) is 4.79 Å². The van der Waals surface area contributed by atoms with Gasteiger partial charge in [-0.25, -0.2) is 0 Å². The molecule has 1 aliphatic rings. The molecule has 0 spiro atoms. The van der Waals surface area contributed by atoms with Gasteiger partial charge in [-0.3, -0.25) is 14.5 Å². The van der Waals surface area contributed by atoms with E-state index < -0.39 is 0 Å². The van der Waals surface area contributed by atoms with Gasteiger partial charge in [0.1, 0.15) is 5.75 Å². The van der Waals surface area contributed by atoms with Gasteiger partial charge >= 0.3 is 0 Å². The maximum absolute atomic E-state index is 12.6. The molecule has 1 fully saturated rings. The zero-order valence-corrected chi connectivity index (χ0v) is 16.8. The molecule has 0 saturated carbocycles. The Morgan fingerprint density at radius 2 is 1.88 bits per heavy atom. The molecule has 2 aromatic rings. The fraction of sp³-hybridized carbons (Fsp3) is 0.158. The Morgan fingerprint density at radius 1 is 1.16 bits per heavy atom. The summed E-state index contributed by atoms with van der Waals surface area (Å²) in [5.41, 5.74) is 2.79. The number of carbonyl (C=O) groups is 2. The Balaban J connectivity index is 1.82. The van der Waals surface area contributed by atoms with Crippen molar-refractivity contribution in [3.05, 3.63) is 67.6 Å². The number of hydrogen-bond donors (Lipinski definition) is 0. The predicted molar refractivity (Wildman–Crippen MR) is 108 cm³/mol. The molecule has 0 unspecified atom stereocenters. The highest BCUT2D eigenvalue weighted by Gasteiger charge is 2.34. The Kier molecular flexibility index (Phi) is 5.48. The van der Waals surface area contributed by atoms with Gasteiger partial charge in [0.05, 0.1) is 18.6 Å². The number of thioether (sulfide) groups is 1. The van der Waals surface area contributed by atoms with Crippen LogP contribution < -0.4 is 4.74 Å². The minimum Gasteiger partial charge on any atom is -0.496 e. The largest absolute Gasteiger partial charge is 0.496 e. The molecule has 128 valence electrons. The highest BCUT2D eigenvalue weighted by atomic mass is 127. The number of imide groups is 1. The van der Waals surface area contributed by atoms with Crippen LogP contribution in [0, 0.1) is 10.5 Å². The van der Waals surface area contributed by atoms with Crippen molar-refractivity contribution in [3.63, 3.8) is 0 Å². The molecule has 1 aliphatic heterocycles. The summed E-state index contributed by atoms with van der Waals surface area (Å²) in [5.74, 6) is 0.500. The molecule has 0 radical (unpaired) electrons. The lowest BCUT2D eigenvalue weighted by Crippen LogP contribution is -2.27. The molecule has 0 N–H and O–H groups in total. The Hall–Kier alpha value is -1.80. The number of methoxy groups -OCH3 is 1. The fourth-order valence-corrected chi connectivity index (χ4v) is 3.68. The molecule has 2 amide bonds. The van der Waals surface area contributed by atoms with Crippen molar-refractivity contribution >= 4 is 51.6 Å². The first-order valence-corrected chi connectivity index (χ1v) is 9.52. The first-order chi connectivity index (χ1) is 12.0. The summed E-state index contributed by atoms with van der Waals surface area (Å²) in [5, 5.41) is -0.242. The summed E-state index contributed by atoms with van der Waals surface area (Å²) in [6.07, 6.45) is 1.74. The van der Waals surface area contributed by atoms with Crippen molar-refractivity contribution in [2.45, 2.75) is 13.5 Å². The number of aryl methyl sites for hydroxylation is 1. The third-order valence-corrected chi connectivity index (χ3v) is 5.48. The van der Waals surface area contributed by atoms with E-state index in [-0.39, 0.29) is 17.7 Å². The summed E-state index contributed by atoms with van der Waals surface area (Å²) >= 11 is 3.19. The number of nitrogens with zero attached hydrogens (tertiary/aromatic N) is 1. The molecule has 1 saturated heterocycles. The van der Waals surface area contributed by atoms with Crippen molar-refractivity contribution in [2.24, 2.45) is 0 Å². The Morgan fingerprint density at radius 3 is 2.56 bits per heavy atom. The van der Waals surface area contributed by atoms with Gasteiger partial charge in [0.2, 0.25) is 0 Å². The lowest BCUT2D eigenvalue weighted by molar-refractivity contribution is -0.123. The lowest BCUT2D eigenvalue weighted by Gasteiger charge is -2.12. The molecule has 3 rings (SSSR count). The van der Waals surface area contributed by atoms with E-state index in [9.17, 15) is 9.59 Å². The number of halogens is 1. The molecule has 25 heavy (non-hydrogen) atoms. The second kappa shape index (κ2) is 7.61. The van der Waals surface area contributed by atoms with Crippen molar-refractivity contribution in [1.29, 1.82) is 0 Å². The smallest absolute Gasteiger partial charge is 0.293 e. The molecular weight excluding hydrogens is 449 g/mol. The van der Waals surface area contributed by atoms with Gasteiger partial charge in [-0.05, 0) is 82.2 Å². The van der Waals surface area contributed by atoms with Crippen LogP contribution in [0.3, 0.4) is 0 Å². The summed E-state index contributed by atoms with van der Waals surface area (Å²) in [6.45, 7) is 2.24. The first-order valence-electron chi connectivity index (χ1n) is 7.62. The van der Waals surface area contributed by atoms with E-state index in [0.29, 0.717) is 4.91 Å². The number of carbonyl (C=O) groups excluding carboxylic acids is 2. The van der Waals surface area contributed by atoms with E-state index in [1.54, 1.807) is 13.2 Å². The second-order valence-corrected chi connectivity index (χ2v) is 7.86. The monoisotopic (exact) mass is 465 g/mol. The van der Waals surface area contributed by atoms with E-state index in [2.05, 4.69) is 22.6 Å². The van der Waals surface area contributed by atoms with E-state index in [1.165, 1.54) is 4.90 Å². The zero-order valence-electron chi connectivity index (χ0n) is 13.8. The van der Waals surface area contributed by atoms with E-state index in [1.807, 2.05) is 49.4 Å². The van der Waals surface area contributed by atoms with Crippen LogP contribution >= 0.6 is 34.4 Å². The van der Waals surface area contributed by atoms with Gasteiger partial charge in [0.25, 0.3) is 11.1 Å². The molecular formula is C19H16INO3S. The van der Waals surface area contributed by atoms with E-state index in [0.717, 1.165) is 37.8 Å². The molecule has 0 aliphatic carbocycles. The van der Waals surface area contributed by atoms with Crippen molar-refractivity contribution in [3.8, 4) is 5.75 Å². The highest BCUT2D eigenvalue weighted by molar-refractivity contribution is 14.1. The summed E-state index contributed by atoms with van der Waals surface area (Å²) < 4.78 is 6.42. The van der Waals surface area contributed by atoms with Crippen LogP contribution in [0.1, 0.15) is 16.7 Å². The first kappa shape index (κ1) is 18.0. The molecule has 1 heterocycles. The van der Waals surface area contributed by atoms with Crippen LogP contribution in [-0.2, 0) is 11.3 Å². The number of rotatable bonds is 4. The van der Waals surface area contributed by atoms with Gasteiger partial charge in [-0.2, -0.15) is 0 Å². The maximum atomic E-state index is 12.6. The standard InChI is InChI=1S/C19H16INO3S/c1-12-3-4-14(9-16(12)24-2)10-17-18(22)21(19(23)25-17)11-13-5-7-15(20)8-6-13/h3-10H,11H2,1-2H3/b17-10+. The summed E-state index contributed by atoms with van der Waals surface area (Å²) in [6, 6.07) is 13.5. The highest BCUT2D eigenvalue weighted by Crippen LogP contribution is 2.34. The zero-order chi connectivity index (χ0) is 18.0. The number of amides is 2. The predicted octanol–water partition coefficient (Wildman–Crippen LogP) is 4.84. The maximum Gasteiger partial charge on any atom is 0.293 e. The van der Waals surface area contributed by atoms with Crippen LogP contribution in [0.25, 0.3) is 6.08 Å². The van der Waals surface area contributed by atoms with E-state index in [4.69, 9.17) is 4.74 Å². The average molecular weight is 465 g/mol. The third kappa shape index (κ3) is 4.07. The van der Waals surface area contributed by atoms with Crippen LogP contribution in [0.15, 0.2) is 47.4 Å². The van der Waals surface area contributed by atoms with Gasteiger partial charge in [-0.15, -0.1) is 0 Å². The second-order valence-electron chi connectivity index (χ2n) is 5.62. The quantitative estimate of drug-likeness (QED) is 0.479. The minimum atomic E-state index is -0.256. The topological polar surface area (TPSA) is 46.6 Å². The van der Waals surface area contributed by atoms with Gasteiger partial charge < -0.3 is 4.74 Å². The molecule has 6 heteroatoms. The Labute approximate surface area is 164 Å². The van der Waals surface area contributed by atoms with Crippen LogP contribution in [0.2, 0.25) is 0 Å². The van der Waals surface area contributed by atoms with Crippen LogP contribution in [-0.4, -0.2) is 23.2 Å². The summed E-state index contributed by atoms with van der Waals surface area (Å²) in [7, 11) is 1.61. The molecule has 4 nitrogen and oxygen atoms in total. The Bertz CT molecular complexity index is 861. The number of hydrogen-bond acceptors (Lipinski definition) is 4. The van der Waals surface area contributed by atoms with Gasteiger partial charge in [0, 0.05) is 3.57 Å². The average Bonchev–Trinajstić information content (AvgIpc) is 2.86. The minimum absolute atomic E-state index is 0.242. The van der Waals surface area contributed by atoms with Crippen molar-refractivity contribution in [1.82, 2.24) is 4.90 Å². The van der Waals surface area contributed by atoms with Crippen LogP contribution in [0.5, 0.6) is 5.75 Å². The lowest BCUT2D eigenvalue weighted by atomic mass is 10.1. The third-order valence-electron chi connectivity index (χ3n) is 3.86. The molecule has 0 atom stereocenters. The summed E-state index contributed by atoms with van der Waals surface area (Å²) in [4.78, 5) is 26.5. The van der Waals surface area contributed by atoms with Gasteiger partial charge in [-0.1, -0.05) is 24.3 Å². The van der Waals surface area contributed by atoms with Crippen molar-refractivity contribution < 1.29 is 14.3 Å². The fourth-order valence-electron chi connectivity index (χ4n) is 2.49. The number of ether oxygens (including phenoxy) is 1. The molecule has 0 aromatic heterocycles. The van der Waals surface area contributed by atoms with E-state index >= 15 is 0 Å². The normalized spacial score (nSPS) is 16.0. The SMILES string of the molecule is COc1cc(/C=C2/SC(=O)N(Cc3ccc(I)cc3)C2=O)ccc1C. The van der Waals surface area contributed by atoms with Gasteiger partial charge in [0.15, 0.2) is 0 Å².